The van der Waals surface area contributed by atoms with E-state index in [0.717, 1.165) is 21.1 Å². The van der Waals surface area contributed by atoms with Crippen LogP contribution in [-0.4, -0.2) is 16.1 Å². The highest BCUT2D eigenvalue weighted by atomic mass is 79.9. The van der Waals surface area contributed by atoms with Crippen LogP contribution in [0.1, 0.15) is 12.1 Å². The second-order valence-corrected chi connectivity index (χ2v) is 4.29. The average molecular weight is 284 g/mol. The first kappa shape index (κ1) is 10.5. The maximum Gasteiger partial charge on any atom is 0.115 e. The van der Waals surface area contributed by atoms with Crippen molar-refractivity contribution in [3.05, 3.63) is 28.4 Å². The second kappa shape index (κ2) is 4.69. The van der Waals surface area contributed by atoms with Crippen molar-refractivity contribution in [3.63, 3.8) is 0 Å². The van der Waals surface area contributed by atoms with Crippen LogP contribution in [0.2, 0.25) is 0 Å². The first-order chi connectivity index (χ1) is 7.31. The summed E-state index contributed by atoms with van der Waals surface area (Å²) >= 11 is 8.94. The molecule has 0 saturated heterocycles. The summed E-state index contributed by atoms with van der Waals surface area (Å²) in [5.41, 5.74) is 1.77. The molecule has 15 heavy (non-hydrogen) atoms. The molecule has 2 rings (SSSR count). The number of aromatic amines is 1. The van der Waals surface area contributed by atoms with E-state index in [4.69, 9.17) is 11.6 Å². The number of halogens is 2. The summed E-state index contributed by atoms with van der Waals surface area (Å²) < 4.78 is 1.02. The SMILES string of the molecule is ClCCC#Cc1[nH]nc2cc(Br)ccc12. The van der Waals surface area contributed by atoms with Gasteiger partial charge in [-0.25, -0.2) is 0 Å². The lowest BCUT2D eigenvalue weighted by Crippen LogP contribution is -1.75. The predicted octanol–water partition coefficient (Wildman–Crippen LogP) is 3.31. The molecule has 0 radical (unpaired) electrons. The smallest absolute Gasteiger partial charge is 0.115 e. The lowest BCUT2D eigenvalue weighted by atomic mass is 10.2. The topological polar surface area (TPSA) is 28.7 Å². The fraction of sp³-hybridized carbons (Fsp3) is 0.182. The molecular formula is C11H8BrClN2. The van der Waals surface area contributed by atoms with Crippen molar-refractivity contribution in [1.29, 1.82) is 0 Å². The van der Waals surface area contributed by atoms with Crippen LogP contribution in [0.3, 0.4) is 0 Å². The fourth-order valence-corrected chi connectivity index (χ4v) is 1.72. The highest BCUT2D eigenvalue weighted by Crippen LogP contribution is 2.19. The molecule has 0 bridgehead atoms. The number of aromatic nitrogens is 2. The Bertz CT molecular complexity index is 536. The zero-order valence-electron chi connectivity index (χ0n) is 7.85. The summed E-state index contributed by atoms with van der Waals surface area (Å²) in [5.74, 6) is 6.56. The lowest BCUT2D eigenvalue weighted by Gasteiger charge is -1.89. The first-order valence-corrected chi connectivity index (χ1v) is 5.82. The molecule has 76 valence electrons. The molecule has 1 aromatic carbocycles. The minimum Gasteiger partial charge on any atom is -0.269 e. The zero-order valence-corrected chi connectivity index (χ0v) is 10.2. The predicted molar refractivity (Wildman–Crippen MR) is 66.0 cm³/mol. The quantitative estimate of drug-likeness (QED) is 0.631. The zero-order chi connectivity index (χ0) is 10.7. The Balaban J connectivity index is 2.42. The molecule has 1 N–H and O–H groups in total. The van der Waals surface area contributed by atoms with Gasteiger partial charge in [-0.15, -0.1) is 11.6 Å². The van der Waals surface area contributed by atoms with Crippen LogP contribution in [0.5, 0.6) is 0 Å². The molecule has 0 saturated carbocycles. The first-order valence-electron chi connectivity index (χ1n) is 4.50. The van der Waals surface area contributed by atoms with E-state index < -0.39 is 0 Å². The highest BCUT2D eigenvalue weighted by molar-refractivity contribution is 9.10. The van der Waals surface area contributed by atoms with Crippen LogP contribution >= 0.6 is 27.5 Å². The monoisotopic (exact) mass is 282 g/mol. The van der Waals surface area contributed by atoms with Crippen molar-refractivity contribution in [2.24, 2.45) is 0 Å². The molecule has 0 aliphatic heterocycles. The number of nitrogens with zero attached hydrogens (tertiary/aromatic N) is 1. The summed E-state index contributed by atoms with van der Waals surface area (Å²) in [6.07, 6.45) is 0.693. The molecule has 0 amide bonds. The molecule has 0 aliphatic rings. The van der Waals surface area contributed by atoms with Crippen molar-refractivity contribution in [1.82, 2.24) is 10.2 Å². The normalized spacial score (nSPS) is 10.0. The van der Waals surface area contributed by atoms with E-state index in [-0.39, 0.29) is 0 Å². The van der Waals surface area contributed by atoms with Gasteiger partial charge in [0.15, 0.2) is 0 Å². The Morgan fingerprint density at radius 1 is 1.47 bits per heavy atom. The largest absolute Gasteiger partial charge is 0.269 e. The van der Waals surface area contributed by atoms with Crippen molar-refractivity contribution in [2.45, 2.75) is 6.42 Å². The van der Waals surface area contributed by atoms with E-state index in [1.165, 1.54) is 0 Å². The summed E-state index contributed by atoms with van der Waals surface area (Å²) in [5, 5.41) is 8.12. The lowest BCUT2D eigenvalue weighted by molar-refractivity contribution is 1.10. The van der Waals surface area contributed by atoms with Gasteiger partial charge in [0.2, 0.25) is 0 Å². The van der Waals surface area contributed by atoms with Gasteiger partial charge in [-0.3, -0.25) is 5.10 Å². The number of rotatable bonds is 1. The molecule has 0 aliphatic carbocycles. The summed E-state index contributed by atoms with van der Waals surface area (Å²) in [6, 6.07) is 5.93. The Labute approximate surface area is 101 Å². The van der Waals surface area contributed by atoms with Gasteiger partial charge in [-0.2, -0.15) is 5.10 Å². The molecule has 0 spiro atoms. The Hall–Kier alpha value is -0.980. The fourth-order valence-electron chi connectivity index (χ4n) is 1.28. The third-order valence-electron chi connectivity index (χ3n) is 1.95. The highest BCUT2D eigenvalue weighted by Gasteiger charge is 2.02. The molecule has 2 aromatic rings. The van der Waals surface area contributed by atoms with E-state index in [1.54, 1.807) is 0 Å². The van der Waals surface area contributed by atoms with E-state index in [2.05, 4.69) is 38.0 Å². The molecular weight excluding hydrogens is 275 g/mol. The van der Waals surface area contributed by atoms with Crippen LogP contribution in [0, 0.1) is 11.8 Å². The van der Waals surface area contributed by atoms with E-state index in [9.17, 15) is 0 Å². The Kier molecular flexibility index (Phi) is 3.30. The minimum atomic E-state index is 0.560. The Morgan fingerprint density at radius 2 is 2.33 bits per heavy atom. The van der Waals surface area contributed by atoms with Crippen molar-refractivity contribution >= 4 is 38.4 Å². The van der Waals surface area contributed by atoms with Crippen molar-refractivity contribution in [3.8, 4) is 11.8 Å². The van der Waals surface area contributed by atoms with Gasteiger partial charge >= 0.3 is 0 Å². The van der Waals surface area contributed by atoms with Crippen LogP contribution in [0.4, 0.5) is 0 Å². The molecule has 0 unspecified atom stereocenters. The van der Waals surface area contributed by atoms with Gasteiger partial charge in [0.1, 0.15) is 5.69 Å². The van der Waals surface area contributed by atoms with E-state index >= 15 is 0 Å². The molecule has 0 atom stereocenters. The standard InChI is InChI=1S/C11H8BrClN2/c12-8-4-5-9-10(3-1-2-6-13)14-15-11(9)7-8/h4-5,7H,2,6H2,(H,14,15). The van der Waals surface area contributed by atoms with Crippen LogP contribution in [-0.2, 0) is 0 Å². The van der Waals surface area contributed by atoms with E-state index in [0.29, 0.717) is 12.3 Å². The Morgan fingerprint density at radius 3 is 3.13 bits per heavy atom. The summed E-state index contributed by atoms with van der Waals surface area (Å²) in [6.45, 7) is 0. The minimum absolute atomic E-state index is 0.560. The van der Waals surface area contributed by atoms with Crippen molar-refractivity contribution < 1.29 is 0 Å². The molecule has 1 heterocycles. The third kappa shape index (κ3) is 2.34. The number of H-pyrrole nitrogens is 1. The summed E-state index contributed by atoms with van der Waals surface area (Å²) in [7, 11) is 0. The van der Waals surface area contributed by atoms with Crippen molar-refractivity contribution in [2.75, 3.05) is 5.88 Å². The number of benzene rings is 1. The maximum absolute atomic E-state index is 5.55. The average Bonchev–Trinajstić information content (AvgIpc) is 2.61. The number of hydrogen-bond acceptors (Lipinski definition) is 1. The number of hydrogen-bond donors (Lipinski definition) is 1. The van der Waals surface area contributed by atoms with Gasteiger partial charge in [-0.1, -0.05) is 21.9 Å². The number of nitrogens with one attached hydrogen (secondary N) is 1. The van der Waals surface area contributed by atoms with Gasteiger partial charge in [-0.05, 0) is 24.1 Å². The van der Waals surface area contributed by atoms with Crippen LogP contribution < -0.4 is 0 Å². The molecule has 0 fully saturated rings. The second-order valence-electron chi connectivity index (χ2n) is 3.00. The van der Waals surface area contributed by atoms with Crippen LogP contribution in [0.25, 0.3) is 10.9 Å². The maximum atomic E-state index is 5.55. The van der Waals surface area contributed by atoms with Gasteiger partial charge in [0.25, 0.3) is 0 Å². The molecule has 2 nitrogen and oxygen atoms in total. The molecule has 1 aromatic heterocycles. The number of fused-ring (bicyclic) bond motifs is 1. The van der Waals surface area contributed by atoms with Gasteiger partial charge in [0.05, 0.1) is 5.52 Å². The summed E-state index contributed by atoms with van der Waals surface area (Å²) in [4.78, 5) is 0. The molecule has 4 heteroatoms. The van der Waals surface area contributed by atoms with Gasteiger partial charge in [0, 0.05) is 22.2 Å². The third-order valence-corrected chi connectivity index (χ3v) is 2.63. The number of alkyl halides is 1. The van der Waals surface area contributed by atoms with Gasteiger partial charge < -0.3 is 0 Å². The van der Waals surface area contributed by atoms with E-state index in [1.807, 2.05) is 18.2 Å². The van der Waals surface area contributed by atoms with Crippen LogP contribution in [0.15, 0.2) is 22.7 Å².